The predicted octanol–water partition coefficient (Wildman–Crippen LogP) is 5.29. The Kier molecular flexibility index (Phi) is 7.71. The standard InChI is InChI=1S/C24H26ClNO5/c1-4-29-21(24(27)28)12-16-8-10-18(11-9-16)30-14-17-13-26-20-7-5-6-19(25)22(20)23(17)31-15(2)3/h5-11,13,15,21H,4,12,14H2,1-3H3,(H,27,28). The van der Waals surface area contributed by atoms with E-state index in [9.17, 15) is 9.90 Å². The second-order valence-electron chi connectivity index (χ2n) is 7.33. The molecule has 0 fully saturated rings. The molecule has 164 valence electrons. The van der Waals surface area contributed by atoms with Crippen molar-refractivity contribution in [3.63, 3.8) is 0 Å². The van der Waals surface area contributed by atoms with E-state index in [1.54, 1.807) is 13.1 Å². The fourth-order valence-corrected chi connectivity index (χ4v) is 3.46. The predicted molar refractivity (Wildman–Crippen MR) is 120 cm³/mol. The van der Waals surface area contributed by atoms with Crippen LogP contribution in [0, 0.1) is 0 Å². The topological polar surface area (TPSA) is 77.9 Å². The molecule has 1 heterocycles. The number of benzene rings is 2. The highest BCUT2D eigenvalue weighted by atomic mass is 35.5. The van der Waals surface area contributed by atoms with Crippen LogP contribution in [0.4, 0.5) is 0 Å². The van der Waals surface area contributed by atoms with E-state index in [1.807, 2.05) is 56.3 Å². The van der Waals surface area contributed by atoms with Crippen molar-refractivity contribution in [1.82, 2.24) is 4.98 Å². The van der Waals surface area contributed by atoms with Crippen molar-refractivity contribution in [2.75, 3.05) is 6.61 Å². The first kappa shape index (κ1) is 22.8. The number of carboxylic acids is 1. The van der Waals surface area contributed by atoms with Crippen molar-refractivity contribution in [2.24, 2.45) is 0 Å². The van der Waals surface area contributed by atoms with Crippen molar-refractivity contribution < 1.29 is 24.1 Å². The molecule has 1 unspecified atom stereocenters. The average molecular weight is 444 g/mol. The summed E-state index contributed by atoms with van der Waals surface area (Å²) in [5, 5.41) is 10.6. The molecular formula is C24H26ClNO5. The molecule has 0 spiro atoms. The molecule has 0 amide bonds. The van der Waals surface area contributed by atoms with E-state index >= 15 is 0 Å². The Bertz CT molecular complexity index is 1040. The minimum Gasteiger partial charge on any atom is -0.490 e. The van der Waals surface area contributed by atoms with E-state index in [0.717, 1.165) is 22.0 Å². The normalized spacial score (nSPS) is 12.2. The maximum absolute atomic E-state index is 11.3. The van der Waals surface area contributed by atoms with E-state index < -0.39 is 12.1 Å². The number of hydrogen-bond acceptors (Lipinski definition) is 5. The molecule has 6 nitrogen and oxygen atoms in total. The summed E-state index contributed by atoms with van der Waals surface area (Å²) in [4.78, 5) is 15.8. The minimum absolute atomic E-state index is 0.0348. The van der Waals surface area contributed by atoms with Crippen LogP contribution in [0.5, 0.6) is 11.5 Å². The molecule has 1 N–H and O–H groups in total. The Hall–Kier alpha value is -2.83. The highest BCUT2D eigenvalue weighted by Gasteiger charge is 2.18. The SMILES string of the molecule is CCOC(Cc1ccc(OCc2cnc3cccc(Cl)c3c2OC(C)C)cc1)C(=O)O. The van der Waals surface area contributed by atoms with Gasteiger partial charge >= 0.3 is 5.97 Å². The number of pyridine rings is 1. The lowest BCUT2D eigenvalue weighted by Gasteiger charge is -2.18. The Balaban J connectivity index is 1.76. The third-order valence-corrected chi connectivity index (χ3v) is 4.92. The van der Waals surface area contributed by atoms with Crippen LogP contribution in [-0.2, 0) is 22.6 Å². The molecular weight excluding hydrogens is 418 g/mol. The van der Waals surface area contributed by atoms with E-state index in [0.29, 0.717) is 29.5 Å². The quantitative estimate of drug-likeness (QED) is 0.459. The number of ether oxygens (including phenoxy) is 3. The van der Waals surface area contributed by atoms with Gasteiger partial charge in [-0.1, -0.05) is 29.8 Å². The van der Waals surface area contributed by atoms with Crippen LogP contribution in [0.15, 0.2) is 48.7 Å². The van der Waals surface area contributed by atoms with Gasteiger partial charge in [0.2, 0.25) is 0 Å². The fraction of sp³-hybridized carbons (Fsp3) is 0.333. The molecule has 0 aliphatic rings. The van der Waals surface area contributed by atoms with Crippen LogP contribution < -0.4 is 9.47 Å². The molecule has 0 saturated heterocycles. The number of rotatable bonds is 10. The largest absolute Gasteiger partial charge is 0.490 e. The van der Waals surface area contributed by atoms with E-state index in [2.05, 4.69) is 4.98 Å². The number of hydrogen-bond donors (Lipinski definition) is 1. The lowest BCUT2D eigenvalue weighted by atomic mass is 10.1. The highest BCUT2D eigenvalue weighted by Crippen LogP contribution is 2.35. The van der Waals surface area contributed by atoms with Gasteiger partial charge in [0.05, 0.1) is 27.6 Å². The first-order valence-corrected chi connectivity index (χ1v) is 10.6. The molecule has 31 heavy (non-hydrogen) atoms. The zero-order valence-electron chi connectivity index (χ0n) is 17.8. The number of carbonyl (C=O) groups is 1. The highest BCUT2D eigenvalue weighted by molar-refractivity contribution is 6.36. The molecule has 7 heteroatoms. The van der Waals surface area contributed by atoms with Crippen LogP contribution in [0.3, 0.4) is 0 Å². The van der Waals surface area contributed by atoms with Crippen LogP contribution in [0.2, 0.25) is 5.02 Å². The van der Waals surface area contributed by atoms with Crippen LogP contribution in [0.25, 0.3) is 10.9 Å². The van der Waals surface area contributed by atoms with E-state index in [4.69, 9.17) is 25.8 Å². The summed E-state index contributed by atoms with van der Waals surface area (Å²) in [6.45, 7) is 6.30. The maximum atomic E-state index is 11.3. The van der Waals surface area contributed by atoms with Gasteiger partial charge in [-0.05, 0) is 50.6 Å². The van der Waals surface area contributed by atoms with Crippen LogP contribution in [0.1, 0.15) is 31.9 Å². The molecule has 3 rings (SSSR count). The van der Waals surface area contributed by atoms with Gasteiger partial charge in [-0.2, -0.15) is 0 Å². The van der Waals surface area contributed by atoms with Crippen LogP contribution >= 0.6 is 11.6 Å². The Labute approximate surface area is 186 Å². The summed E-state index contributed by atoms with van der Waals surface area (Å²) in [6, 6.07) is 12.9. The van der Waals surface area contributed by atoms with Crippen molar-refractivity contribution in [1.29, 1.82) is 0 Å². The van der Waals surface area contributed by atoms with Crippen molar-refractivity contribution in [2.45, 2.75) is 46.0 Å². The average Bonchev–Trinajstić information content (AvgIpc) is 2.73. The van der Waals surface area contributed by atoms with Gasteiger partial charge in [-0.3, -0.25) is 4.98 Å². The lowest BCUT2D eigenvalue weighted by Crippen LogP contribution is -2.26. The smallest absolute Gasteiger partial charge is 0.333 e. The number of fused-ring (bicyclic) bond motifs is 1. The van der Waals surface area contributed by atoms with Gasteiger partial charge in [0.25, 0.3) is 0 Å². The molecule has 1 aromatic heterocycles. The summed E-state index contributed by atoms with van der Waals surface area (Å²) >= 11 is 6.43. The van der Waals surface area contributed by atoms with E-state index in [1.165, 1.54) is 0 Å². The van der Waals surface area contributed by atoms with Gasteiger partial charge in [-0.25, -0.2) is 4.79 Å². The van der Waals surface area contributed by atoms with Gasteiger partial charge in [-0.15, -0.1) is 0 Å². The van der Waals surface area contributed by atoms with Crippen molar-refractivity contribution in [3.8, 4) is 11.5 Å². The number of carboxylic acid groups (broad SMARTS) is 1. The van der Waals surface area contributed by atoms with Crippen molar-refractivity contribution >= 4 is 28.5 Å². The monoisotopic (exact) mass is 443 g/mol. The molecule has 1 atom stereocenters. The van der Waals surface area contributed by atoms with Gasteiger partial charge in [0.1, 0.15) is 18.1 Å². The van der Waals surface area contributed by atoms with Crippen molar-refractivity contribution in [3.05, 3.63) is 64.8 Å². The minimum atomic E-state index is -0.970. The molecule has 0 radical (unpaired) electrons. The molecule has 3 aromatic rings. The van der Waals surface area contributed by atoms with E-state index in [-0.39, 0.29) is 12.7 Å². The number of nitrogens with zero attached hydrogens (tertiary/aromatic N) is 1. The van der Waals surface area contributed by atoms with Crippen LogP contribution in [-0.4, -0.2) is 34.9 Å². The summed E-state index contributed by atoms with van der Waals surface area (Å²) in [5.41, 5.74) is 2.41. The number of aromatic nitrogens is 1. The van der Waals surface area contributed by atoms with Gasteiger partial charge in [0, 0.05) is 19.2 Å². The second-order valence-corrected chi connectivity index (χ2v) is 7.74. The van der Waals surface area contributed by atoms with Gasteiger partial charge in [0.15, 0.2) is 6.10 Å². The Morgan fingerprint density at radius 1 is 1.16 bits per heavy atom. The second kappa shape index (κ2) is 10.5. The third kappa shape index (κ3) is 5.87. The molecule has 0 saturated carbocycles. The third-order valence-electron chi connectivity index (χ3n) is 4.61. The Morgan fingerprint density at radius 3 is 2.55 bits per heavy atom. The zero-order valence-corrected chi connectivity index (χ0v) is 18.6. The molecule has 2 aromatic carbocycles. The molecule has 0 aliphatic carbocycles. The maximum Gasteiger partial charge on any atom is 0.333 e. The summed E-state index contributed by atoms with van der Waals surface area (Å²) < 4.78 is 17.3. The summed E-state index contributed by atoms with van der Waals surface area (Å²) in [7, 11) is 0. The first-order valence-electron chi connectivity index (χ1n) is 10.2. The molecule has 0 bridgehead atoms. The first-order chi connectivity index (χ1) is 14.9. The number of aliphatic carboxylic acids is 1. The van der Waals surface area contributed by atoms with Gasteiger partial charge < -0.3 is 19.3 Å². The number of halogens is 1. The summed E-state index contributed by atoms with van der Waals surface area (Å²) in [5.74, 6) is 0.354. The fourth-order valence-electron chi connectivity index (χ4n) is 3.20. The molecule has 0 aliphatic heterocycles. The Morgan fingerprint density at radius 2 is 1.90 bits per heavy atom. The summed E-state index contributed by atoms with van der Waals surface area (Å²) in [6.07, 6.45) is 1.14. The lowest BCUT2D eigenvalue weighted by molar-refractivity contribution is -0.149. The zero-order chi connectivity index (χ0) is 22.4.